The lowest BCUT2D eigenvalue weighted by Crippen LogP contribution is -1.80. The van der Waals surface area contributed by atoms with E-state index in [-0.39, 0.29) is 0 Å². The third-order valence-electron chi connectivity index (χ3n) is 2.47. The summed E-state index contributed by atoms with van der Waals surface area (Å²) in [5.41, 5.74) is 4.13. The van der Waals surface area contributed by atoms with Crippen LogP contribution in [0.4, 0.5) is 5.69 Å². The summed E-state index contributed by atoms with van der Waals surface area (Å²) in [6.45, 7) is 2.07. The van der Waals surface area contributed by atoms with Crippen LogP contribution in [-0.2, 0) is 0 Å². The van der Waals surface area contributed by atoms with Crippen LogP contribution >= 0.6 is 0 Å². The average molecular weight is 219 g/mol. The van der Waals surface area contributed by atoms with E-state index in [9.17, 15) is 0 Å². The summed E-state index contributed by atoms with van der Waals surface area (Å²) in [6.07, 6.45) is 7.14. The molecule has 0 aromatic heterocycles. The summed E-state index contributed by atoms with van der Waals surface area (Å²) in [5, 5.41) is 0. The quantitative estimate of drug-likeness (QED) is 0.539. The number of nitrogens with zero attached hydrogens (tertiary/aromatic N) is 1. The molecule has 0 atom stereocenters. The summed E-state index contributed by atoms with van der Waals surface area (Å²) in [4.78, 5) is 4.39. The molecule has 0 N–H and O–H groups in total. The molecule has 0 radical (unpaired) electrons. The van der Waals surface area contributed by atoms with E-state index < -0.39 is 0 Å². The number of aliphatic imine (C=N–C) groups is 1. The van der Waals surface area contributed by atoms with E-state index in [1.807, 2.05) is 30.5 Å². The van der Waals surface area contributed by atoms with Gasteiger partial charge in [-0.05, 0) is 36.8 Å². The molecule has 0 saturated carbocycles. The molecule has 2 aromatic rings. The maximum atomic E-state index is 5.29. The van der Waals surface area contributed by atoms with Crippen molar-refractivity contribution in [2.75, 3.05) is 0 Å². The number of rotatable bonds is 2. The van der Waals surface area contributed by atoms with Crippen molar-refractivity contribution < 1.29 is 0 Å². The Bertz CT molecular complexity index is 554. The van der Waals surface area contributed by atoms with Crippen molar-refractivity contribution in [1.29, 1.82) is 0 Å². The SMILES string of the molecule is C#Cc1ccc(N=Cc2ccc(C)cc2)cc1. The smallest absolute Gasteiger partial charge is 0.0630 e. The molecule has 0 saturated heterocycles. The minimum atomic E-state index is 0.874. The highest BCUT2D eigenvalue weighted by atomic mass is 14.7. The fourth-order valence-electron chi connectivity index (χ4n) is 1.45. The number of hydrogen-bond acceptors (Lipinski definition) is 1. The molecule has 0 bridgehead atoms. The van der Waals surface area contributed by atoms with Gasteiger partial charge in [-0.3, -0.25) is 4.99 Å². The van der Waals surface area contributed by atoms with Crippen molar-refractivity contribution in [3.8, 4) is 12.3 Å². The van der Waals surface area contributed by atoms with Crippen molar-refractivity contribution in [2.24, 2.45) is 4.99 Å². The van der Waals surface area contributed by atoms with Gasteiger partial charge in [0, 0.05) is 11.8 Å². The van der Waals surface area contributed by atoms with Crippen LogP contribution < -0.4 is 0 Å². The first kappa shape index (κ1) is 11.2. The van der Waals surface area contributed by atoms with Crippen LogP contribution in [0.15, 0.2) is 53.5 Å². The molecule has 2 rings (SSSR count). The number of hydrogen-bond donors (Lipinski definition) is 0. The molecule has 0 spiro atoms. The van der Waals surface area contributed by atoms with Crippen LogP contribution in [0, 0.1) is 19.3 Å². The Balaban J connectivity index is 2.14. The second-order valence-corrected chi connectivity index (χ2v) is 3.86. The summed E-state index contributed by atoms with van der Waals surface area (Å²) in [6, 6.07) is 15.9. The highest BCUT2D eigenvalue weighted by molar-refractivity contribution is 5.81. The molecule has 17 heavy (non-hydrogen) atoms. The Labute approximate surface area is 102 Å². The largest absolute Gasteiger partial charge is 0.256 e. The molecule has 0 amide bonds. The Morgan fingerprint density at radius 2 is 1.65 bits per heavy atom. The molecule has 2 aromatic carbocycles. The van der Waals surface area contributed by atoms with Crippen molar-refractivity contribution in [1.82, 2.24) is 0 Å². The van der Waals surface area contributed by atoms with Crippen LogP contribution in [0.25, 0.3) is 0 Å². The second kappa shape index (κ2) is 5.14. The first-order valence-corrected chi connectivity index (χ1v) is 5.45. The van der Waals surface area contributed by atoms with E-state index in [0.717, 1.165) is 16.8 Å². The summed E-state index contributed by atoms with van der Waals surface area (Å²) >= 11 is 0. The van der Waals surface area contributed by atoms with Gasteiger partial charge in [0.2, 0.25) is 0 Å². The summed E-state index contributed by atoms with van der Waals surface area (Å²) in [7, 11) is 0. The van der Waals surface area contributed by atoms with Gasteiger partial charge < -0.3 is 0 Å². The highest BCUT2D eigenvalue weighted by Crippen LogP contribution is 2.12. The van der Waals surface area contributed by atoms with E-state index in [1.165, 1.54) is 5.56 Å². The predicted molar refractivity (Wildman–Crippen MR) is 72.8 cm³/mol. The minimum Gasteiger partial charge on any atom is -0.256 e. The lowest BCUT2D eigenvalue weighted by Gasteiger charge is -1.96. The first-order chi connectivity index (χ1) is 8.28. The van der Waals surface area contributed by atoms with Gasteiger partial charge in [0.05, 0.1) is 5.69 Å². The van der Waals surface area contributed by atoms with E-state index in [1.54, 1.807) is 0 Å². The predicted octanol–water partition coefficient (Wildman–Crippen LogP) is 3.73. The van der Waals surface area contributed by atoms with Crippen LogP contribution in [-0.4, -0.2) is 6.21 Å². The maximum absolute atomic E-state index is 5.29. The first-order valence-electron chi connectivity index (χ1n) is 5.45. The topological polar surface area (TPSA) is 12.4 Å². The summed E-state index contributed by atoms with van der Waals surface area (Å²) < 4.78 is 0. The number of aryl methyl sites for hydroxylation is 1. The van der Waals surface area contributed by atoms with Crippen molar-refractivity contribution in [2.45, 2.75) is 6.92 Å². The molecular weight excluding hydrogens is 206 g/mol. The monoisotopic (exact) mass is 219 g/mol. The molecule has 1 heteroatoms. The van der Waals surface area contributed by atoms with Crippen molar-refractivity contribution in [3.05, 3.63) is 65.2 Å². The summed E-state index contributed by atoms with van der Waals surface area (Å²) in [5.74, 6) is 2.58. The van der Waals surface area contributed by atoms with Crippen LogP contribution in [0.1, 0.15) is 16.7 Å². The average Bonchev–Trinajstić information content (AvgIpc) is 2.39. The molecule has 0 aliphatic rings. The van der Waals surface area contributed by atoms with E-state index >= 15 is 0 Å². The standard InChI is InChI=1S/C16H13N/c1-3-14-8-10-16(11-9-14)17-12-15-6-4-13(2)5-7-15/h1,4-12H,2H3. The van der Waals surface area contributed by atoms with Gasteiger partial charge in [-0.25, -0.2) is 0 Å². The zero-order chi connectivity index (χ0) is 12.1. The van der Waals surface area contributed by atoms with E-state index in [2.05, 4.69) is 42.1 Å². The van der Waals surface area contributed by atoms with Gasteiger partial charge in [-0.1, -0.05) is 35.7 Å². The van der Waals surface area contributed by atoms with Gasteiger partial charge >= 0.3 is 0 Å². The zero-order valence-electron chi connectivity index (χ0n) is 9.72. The molecule has 0 heterocycles. The fourth-order valence-corrected chi connectivity index (χ4v) is 1.45. The van der Waals surface area contributed by atoms with Crippen molar-refractivity contribution >= 4 is 11.9 Å². The molecule has 82 valence electrons. The number of terminal acetylenes is 1. The minimum absolute atomic E-state index is 0.874. The van der Waals surface area contributed by atoms with Gasteiger partial charge in [0.1, 0.15) is 0 Å². The molecule has 0 aliphatic carbocycles. The van der Waals surface area contributed by atoms with Gasteiger partial charge in [-0.2, -0.15) is 0 Å². The lowest BCUT2D eigenvalue weighted by atomic mass is 10.2. The molecule has 0 fully saturated rings. The Morgan fingerprint density at radius 1 is 1.00 bits per heavy atom. The van der Waals surface area contributed by atoms with Crippen molar-refractivity contribution in [3.63, 3.8) is 0 Å². The molecular formula is C16H13N. The second-order valence-electron chi connectivity index (χ2n) is 3.86. The van der Waals surface area contributed by atoms with E-state index in [0.29, 0.717) is 0 Å². The van der Waals surface area contributed by atoms with Gasteiger partial charge in [0.25, 0.3) is 0 Å². The van der Waals surface area contributed by atoms with E-state index in [4.69, 9.17) is 6.42 Å². The Morgan fingerprint density at radius 3 is 2.24 bits per heavy atom. The Kier molecular flexibility index (Phi) is 3.37. The molecule has 0 unspecified atom stereocenters. The number of benzene rings is 2. The normalized spacial score (nSPS) is 10.4. The van der Waals surface area contributed by atoms with Crippen LogP contribution in [0.5, 0.6) is 0 Å². The third-order valence-corrected chi connectivity index (χ3v) is 2.47. The molecule has 1 nitrogen and oxygen atoms in total. The zero-order valence-corrected chi connectivity index (χ0v) is 9.72. The lowest BCUT2D eigenvalue weighted by molar-refractivity contribution is 1.46. The van der Waals surface area contributed by atoms with Crippen LogP contribution in [0.3, 0.4) is 0 Å². The fraction of sp³-hybridized carbons (Fsp3) is 0.0625. The highest BCUT2D eigenvalue weighted by Gasteiger charge is 1.90. The van der Waals surface area contributed by atoms with Gasteiger partial charge in [-0.15, -0.1) is 6.42 Å². The maximum Gasteiger partial charge on any atom is 0.0630 e. The Hall–Kier alpha value is -2.33. The van der Waals surface area contributed by atoms with Gasteiger partial charge in [0.15, 0.2) is 0 Å². The third kappa shape index (κ3) is 3.06. The van der Waals surface area contributed by atoms with Crippen LogP contribution in [0.2, 0.25) is 0 Å². The molecule has 0 aliphatic heterocycles.